The molecular formula is C12H23N3S. The van der Waals surface area contributed by atoms with Crippen LogP contribution in [0.3, 0.4) is 0 Å². The van der Waals surface area contributed by atoms with Gasteiger partial charge in [0.15, 0.2) is 0 Å². The van der Waals surface area contributed by atoms with Gasteiger partial charge >= 0.3 is 0 Å². The maximum atomic E-state index is 4.31. The molecule has 0 bridgehead atoms. The highest BCUT2D eigenvalue weighted by molar-refractivity contribution is 7.98. The lowest BCUT2D eigenvalue weighted by atomic mass is 10.2. The number of hydrogen-bond donors (Lipinski definition) is 1. The summed E-state index contributed by atoms with van der Waals surface area (Å²) in [6.45, 7) is 7.49. The molecule has 1 N–H and O–H groups in total. The van der Waals surface area contributed by atoms with Crippen molar-refractivity contribution < 1.29 is 0 Å². The number of thioether (sulfide) groups is 1. The molecule has 1 heterocycles. The number of rotatable bonds is 8. The highest BCUT2D eigenvalue weighted by atomic mass is 32.2. The van der Waals surface area contributed by atoms with Gasteiger partial charge in [-0.2, -0.15) is 16.9 Å². The maximum absolute atomic E-state index is 4.31. The largest absolute Gasteiger partial charge is 0.311 e. The van der Waals surface area contributed by atoms with E-state index in [9.17, 15) is 0 Å². The number of aryl methyl sites for hydroxylation is 1. The molecule has 1 rings (SSSR count). The highest BCUT2D eigenvalue weighted by Gasteiger charge is 2.03. The zero-order valence-electron chi connectivity index (χ0n) is 10.6. The predicted octanol–water partition coefficient (Wildman–Crippen LogP) is 2.38. The summed E-state index contributed by atoms with van der Waals surface area (Å²) in [5.41, 5.74) is 1.29. The minimum absolute atomic E-state index is 0.734. The van der Waals surface area contributed by atoms with Crippen LogP contribution in [0.5, 0.6) is 0 Å². The molecule has 1 aromatic rings. The van der Waals surface area contributed by atoms with Crippen LogP contribution in [0.15, 0.2) is 12.3 Å². The molecule has 0 fully saturated rings. The van der Waals surface area contributed by atoms with Gasteiger partial charge in [0.25, 0.3) is 0 Å². The van der Waals surface area contributed by atoms with Crippen LogP contribution >= 0.6 is 11.8 Å². The van der Waals surface area contributed by atoms with E-state index in [1.54, 1.807) is 0 Å². The van der Waals surface area contributed by atoms with Crippen LogP contribution in [-0.4, -0.2) is 28.3 Å². The fourth-order valence-corrected chi connectivity index (χ4v) is 2.40. The lowest BCUT2D eigenvalue weighted by Crippen LogP contribution is -2.23. The summed E-state index contributed by atoms with van der Waals surface area (Å²) in [5.74, 6) is 1.96. The summed E-state index contributed by atoms with van der Waals surface area (Å²) in [6.07, 6.45) is 5.18. The van der Waals surface area contributed by atoms with E-state index in [4.69, 9.17) is 0 Å². The standard InChI is InChI=1S/C12H23N3S/c1-4-7-15-12(5-6-14-15)9-13-8-11(2)10-16-3/h5-6,11,13H,4,7-10H2,1-3H3. The van der Waals surface area contributed by atoms with Gasteiger partial charge in [0, 0.05) is 19.3 Å². The van der Waals surface area contributed by atoms with Crippen molar-refractivity contribution >= 4 is 11.8 Å². The molecule has 1 unspecified atom stereocenters. The Labute approximate surface area is 103 Å². The smallest absolute Gasteiger partial charge is 0.0522 e. The van der Waals surface area contributed by atoms with Crippen molar-refractivity contribution in [3.8, 4) is 0 Å². The lowest BCUT2D eigenvalue weighted by Gasteiger charge is -2.12. The third-order valence-electron chi connectivity index (χ3n) is 2.49. The van der Waals surface area contributed by atoms with Crippen LogP contribution in [0.2, 0.25) is 0 Å². The minimum atomic E-state index is 0.734. The molecular weight excluding hydrogens is 218 g/mol. The van der Waals surface area contributed by atoms with Gasteiger partial charge < -0.3 is 5.32 Å². The molecule has 0 spiro atoms. The lowest BCUT2D eigenvalue weighted by molar-refractivity contribution is 0.518. The van der Waals surface area contributed by atoms with Crippen molar-refractivity contribution in [1.82, 2.24) is 15.1 Å². The third kappa shape index (κ3) is 4.58. The molecule has 0 amide bonds. The van der Waals surface area contributed by atoms with Gasteiger partial charge in [-0.05, 0) is 37.0 Å². The second-order valence-corrected chi connectivity index (χ2v) is 5.15. The molecule has 16 heavy (non-hydrogen) atoms. The molecule has 0 aliphatic carbocycles. The van der Waals surface area contributed by atoms with Gasteiger partial charge in [0.05, 0.1) is 5.69 Å². The van der Waals surface area contributed by atoms with E-state index in [0.717, 1.165) is 32.0 Å². The average Bonchev–Trinajstić information content (AvgIpc) is 2.67. The maximum Gasteiger partial charge on any atom is 0.0522 e. The van der Waals surface area contributed by atoms with E-state index in [-0.39, 0.29) is 0 Å². The van der Waals surface area contributed by atoms with Crippen LogP contribution in [-0.2, 0) is 13.1 Å². The van der Waals surface area contributed by atoms with E-state index in [1.807, 2.05) is 18.0 Å². The van der Waals surface area contributed by atoms with E-state index >= 15 is 0 Å². The van der Waals surface area contributed by atoms with Crippen molar-refractivity contribution in [2.45, 2.75) is 33.4 Å². The molecule has 92 valence electrons. The summed E-state index contributed by atoms with van der Waals surface area (Å²) in [5, 5.41) is 7.81. The number of nitrogens with one attached hydrogen (secondary N) is 1. The first kappa shape index (κ1) is 13.6. The van der Waals surface area contributed by atoms with E-state index < -0.39 is 0 Å². The van der Waals surface area contributed by atoms with E-state index in [1.165, 1.54) is 11.4 Å². The third-order valence-corrected chi connectivity index (χ3v) is 3.39. The van der Waals surface area contributed by atoms with Crippen molar-refractivity contribution in [3.63, 3.8) is 0 Å². The summed E-state index contributed by atoms with van der Waals surface area (Å²) in [6, 6.07) is 2.10. The Bertz CT molecular complexity index is 286. The van der Waals surface area contributed by atoms with Crippen LogP contribution in [0.25, 0.3) is 0 Å². The first-order chi connectivity index (χ1) is 7.77. The molecule has 1 aromatic heterocycles. The van der Waals surface area contributed by atoms with Crippen LogP contribution in [0, 0.1) is 5.92 Å². The Morgan fingerprint density at radius 2 is 2.38 bits per heavy atom. The van der Waals surface area contributed by atoms with E-state index in [2.05, 4.69) is 41.3 Å². The molecule has 1 atom stereocenters. The van der Waals surface area contributed by atoms with Crippen molar-refractivity contribution in [2.75, 3.05) is 18.6 Å². The zero-order valence-corrected chi connectivity index (χ0v) is 11.4. The fourth-order valence-electron chi connectivity index (χ4n) is 1.71. The summed E-state index contributed by atoms with van der Waals surface area (Å²) < 4.78 is 2.09. The summed E-state index contributed by atoms with van der Waals surface area (Å²) in [4.78, 5) is 0. The first-order valence-electron chi connectivity index (χ1n) is 5.98. The van der Waals surface area contributed by atoms with Gasteiger partial charge in [-0.15, -0.1) is 0 Å². The topological polar surface area (TPSA) is 29.9 Å². The Balaban J connectivity index is 2.28. The van der Waals surface area contributed by atoms with Crippen LogP contribution < -0.4 is 5.32 Å². The highest BCUT2D eigenvalue weighted by Crippen LogP contribution is 2.04. The van der Waals surface area contributed by atoms with Gasteiger partial charge in [0.2, 0.25) is 0 Å². The molecule has 0 aliphatic heterocycles. The zero-order chi connectivity index (χ0) is 11.8. The fraction of sp³-hybridized carbons (Fsp3) is 0.750. The molecule has 0 aliphatic rings. The summed E-state index contributed by atoms with van der Waals surface area (Å²) >= 11 is 1.91. The molecule has 4 heteroatoms. The average molecular weight is 241 g/mol. The molecule has 0 saturated heterocycles. The quantitative estimate of drug-likeness (QED) is 0.758. The summed E-state index contributed by atoms with van der Waals surface area (Å²) in [7, 11) is 0. The second-order valence-electron chi connectivity index (χ2n) is 4.24. The van der Waals surface area contributed by atoms with Gasteiger partial charge in [0.1, 0.15) is 0 Å². The van der Waals surface area contributed by atoms with Gasteiger partial charge in [-0.25, -0.2) is 0 Å². The SMILES string of the molecule is CCCn1nccc1CNCC(C)CSC. The van der Waals surface area contributed by atoms with Crippen molar-refractivity contribution in [3.05, 3.63) is 18.0 Å². The Hall–Kier alpha value is -0.480. The van der Waals surface area contributed by atoms with Gasteiger partial charge in [-0.1, -0.05) is 13.8 Å². The van der Waals surface area contributed by atoms with Crippen LogP contribution in [0.4, 0.5) is 0 Å². The minimum Gasteiger partial charge on any atom is -0.311 e. The second kappa shape index (κ2) is 7.74. The van der Waals surface area contributed by atoms with Crippen molar-refractivity contribution in [2.24, 2.45) is 5.92 Å². The first-order valence-corrected chi connectivity index (χ1v) is 7.37. The predicted molar refractivity (Wildman–Crippen MR) is 71.8 cm³/mol. The molecule has 3 nitrogen and oxygen atoms in total. The number of aromatic nitrogens is 2. The Kier molecular flexibility index (Phi) is 6.57. The Morgan fingerprint density at radius 1 is 1.56 bits per heavy atom. The van der Waals surface area contributed by atoms with Crippen molar-refractivity contribution in [1.29, 1.82) is 0 Å². The van der Waals surface area contributed by atoms with Gasteiger partial charge in [-0.3, -0.25) is 4.68 Å². The van der Waals surface area contributed by atoms with Crippen LogP contribution in [0.1, 0.15) is 26.0 Å². The number of nitrogens with zero attached hydrogens (tertiary/aromatic N) is 2. The van der Waals surface area contributed by atoms with E-state index in [0.29, 0.717) is 0 Å². The molecule has 0 aromatic carbocycles. The Morgan fingerprint density at radius 3 is 3.06 bits per heavy atom. The normalized spacial score (nSPS) is 12.9. The monoisotopic (exact) mass is 241 g/mol. The number of hydrogen-bond acceptors (Lipinski definition) is 3. The molecule has 0 radical (unpaired) electrons. The molecule has 0 saturated carbocycles.